The predicted octanol–water partition coefficient (Wildman–Crippen LogP) is 4.52. The standard InChI is InChI=1S/C17H12BrN5O/c1-11-16(17(24)23(22-11)14-5-3-2-4-6-14)21-20-15-8-7-13(18)9-12(15)10-19/h2-9,22H,1H3. The van der Waals surface area contributed by atoms with Crippen molar-refractivity contribution in [2.24, 2.45) is 10.2 Å². The van der Waals surface area contributed by atoms with Crippen molar-refractivity contribution in [1.82, 2.24) is 9.78 Å². The van der Waals surface area contributed by atoms with E-state index in [-0.39, 0.29) is 11.2 Å². The van der Waals surface area contributed by atoms with Crippen molar-refractivity contribution in [1.29, 1.82) is 5.26 Å². The monoisotopic (exact) mass is 381 g/mol. The lowest BCUT2D eigenvalue weighted by Gasteiger charge is -1.99. The van der Waals surface area contributed by atoms with Crippen LogP contribution in [0.2, 0.25) is 0 Å². The van der Waals surface area contributed by atoms with E-state index in [1.165, 1.54) is 4.68 Å². The van der Waals surface area contributed by atoms with Gasteiger partial charge in [-0.2, -0.15) is 5.26 Å². The molecule has 0 aliphatic carbocycles. The minimum Gasteiger partial charge on any atom is -0.293 e. The first kappa shape index (κ1) is 15.9. The zero-order valence-corrected chi connectivity index (χ0v) is 14.3. The summed E-state index contributed by atoms with van der Waals surface area (Å²) in [7, 11) is 0. The largest absolute Gasteiger partial charge is 0.299 e. The third-order valence-electron chi connectivity index (χ3n) is 3.39. The normalized spacial score (nSPS) is 10.9. The minimum atomic E-state index is -0.293. The smallest absolute Gasteiger partial charge is 0.293 e. The van der Waals surface area contributed by atoms with Crippen molar-refractivity contribution in [3.8, 4) is 11.8 Å². The van der Waals surface area contributed by atoms with Gasteiger partial charge in [0.05, 0.1) is 16.9 Å². The molecule has 0 fully saturated rings. The molecule has 0 atom stereocenters. The summed E-state index contributed by atoms with van der Waals surface area (Å²) in [6, 6.07) is 16.4. The van der Waals surface area contributed by atoms with E-state index in [1.807, 2.05) is 30.3 Å². The predicted molar refractivity (Wildman–Crippen MR) is 94.2 cm³/mol. The maximum absolute atomic E-state index is 12.5. The van der Waals surface area contributed by atoms with Crippen LogP contribution in [0.15, 0.2) is 68.0 Å². The average Bonchev–Trinajstić information content (AvgIpc) is 2.89. The summed E-state index contributed by atoms with van der Waals surface area (Å²) in [6.07, 6.45) is 0. The number of hydrogen-bond donors (Lipinski definition) is 1. The van der Waals surface area contributed by atoms with Crippen molar-refractivity contribution < 1.29 is 0 Å². The van der Waals surface area contributed by atoms with E-state index in [0.717, 1.165) is 4.47 Å². The number of halogens is 1. The zero-order valence-electron chi connectivity index (χ0n) is 12.7. The summed E-state index contributed by atoms with van der Waals surface area (Å²) in [6.45, 7) is 1.75. The highest BCUT2D eigenvalue weighted by atomic mass is 79.9. The second-order valence-electron chi connectivity index (χ2n) is 5.03. The molecule has 7 heteroatoms. The Bertz CT molecular complexity index is 1010. The van der Waals surface area contributed by atoms with Crippen molar-refractivity contribution in [2.75, 3.05) is 0 Å². The molecule has 0 unspecified atom stereocenters. The van der Waals surface area contributed by atoms with Crippen molar-refractivity contribution in [2.45, 2.75) is 6.92 Å². The summed E-state index contributed by atoms with van der Waals surface area (Å²) in [5, 5.41) is 20.3. The summed E-state index contributed by atoms with van der Waals surface area (Å²) in [5.41, 5.74) is 2.03. The highest BCUT2D eigenvalue weighted by molar-refractivity contribution is 9.10. The lowest BCUT2D eigenvalue weighted by Crippen LogP contribution is -2.13. The van der Waals surface area contributed by atoms with E-state index in [4.69, 9.17) is 5.26 Å². The lowest BCUT2D eigenvalue weighted by atomic mass is 10.2. The fourth-order valence-corrected chi connectivity index (χ4v) is 2.56. The number of benzene rings is 2. The average molecular weight is 382 g/mol. The second-order valence-corrected chi connectivity index (χ2v) is 5.95. The summed E-state index contributed by atoms with van der Waals surface area (Å²) < 4.78 is 2.19. The highest BCUT2D eigenvalue weighted by Gasteiger charge is 2.12. The van der Waals surface area contributed by atoms with Crippen LogP contribution < -0.4 is 5.56 Å². The Balaban J connectivity index is 2.02. The number of nitriles is 1. The van der Waals surface area contributed by atoms with E-state index in [9.17, 15) is 4.79 Å². The van der Waals surface area contributed by atoms with Gasteiger partial charge in [0.1, 0.15) is 11.8 Å². The molecule has 0 aliphatic rings. The van der Waals surface area contributed by atoms with Crippen LogP contribution in [-0.2, 0) is 0 Å². The van der Waals surface area contributed by atoms with Crippen molar-refractivity contribution in [3.05, 3.63) is 74.6 Å². The van der Waals surface area contributed by atoms with E-state index >= 15 is 0 Å². The van der Waals surface area contributed by atoms with E-state index in [2.05, 4.69) is 37.3 Å². The lowest BCUT2D eigenvalue weighted by molar-refractivity contribution is 0.835. The number of H-pyrrole nitrogens is 1. The van der Waals surface area contributed by atoms with Crippen molar-refractivity contribution in [3.63, 3.8) is 0 Å². The van der Waals surface area contributed by atoms with Gasteiger partial charge in [-0.3, -0.25) is 9.89 Å². The van der Waals surface area contributed by atoms with Crippen LogP contribution in [0.25, 0.3) is 5.69 Å². The summed E-state index contributed by atoms with van der Waals surface area (Å²) >= 11 is 3.30. The van der Waals surface area contributed by atoms with Crippen LogP contribution in [0.3, 0.4) is 0 Å². The highest BCUT2D eigenvalue weighted by Crippen LogP contribution is 2.25. The molecule has 3 aromatic rings. The molecule has 6 nitrogen and oxygen atoms in total. The van der Waals surface area contributed by atoms with E-state index in [0.29, 0.717) is 22.6 Å². The third-order valence-corrected chi connectivity index (χ3v) is 3.88. The van der Waals surface area contributed by atoms with E-state index < -0.39 is 0 Å². The third kappa shape index (κ3) is 3.05. The van der Waals surface area contributed by atoms with Crippen LogP contribution in [-0.4, -0.2) is 9.78 Å². The number of para-hydroxylation sites is 1. The molecular formula is C17H12BrN5O. The van der Waals surface area contributed by atoms with Gasteiger partial charge in [-0.25, -0.2) is 4.68 Å². The fraction of sp³-hybridized carbons (Fsp3) is 0.0588. The number of rotatable bonds is 3. The Kier molecular flexibility index (Phi) is 4.40. The molecule has 0 radical (unpaired) electrons. The van der Waals surface area contributed by atoms with Gasteiger partial charge in [-0.1, -0.05) is 34.1 Å². The molecule has 0 bridgehead atoms. The number of aryl methyl sites for hydroxylation is 1. The SMILES string of the molecule is Cc1[nH]n(-c2ccccc2)c(=O)c1N=Nc1ccc(Br)cc1C#N. The minimum absolute atomic E-state index is 0.214. The molecule has 1 aromatic heterocycles. The first-order valence-corrected chi connectivity index (χ1v) is 7.88. The van der Waals surface area contributed by atoms with Crippen LogP contribution in [0.4, 0.5) is 11.4 Å². The van der Waals surface area contributed by atoms with Gasteiger partial charge >= 0.3 is 0 Å². The maximum atomic E-state index is 12.5. The van der Waals surface area contributed by atoms with Gasteiger partial charge in [0, 0.05) is 4.47 Å². The Morgan fingerprint density at radius 2 is 1.92 bits per heavy atom. The quantitative estimate of drug-likeness (QED) is 0.675. The first-order chi connectivity index (χ1) is 11.6. The fourth-order valence-electron chi connectivity index (χ4n) is 2.20. The van der Waals surface area contributed by atoms with Crippen molar-refractivity contribution >= 4 is 27.3 Å². The van der Waals surface area contributed by atoms with Gasteiger partial charge in [-0.15, -0.1) is 10.2 Å². The van der Waals surface area contributed by atoms with E-state index in [1.54, 1.807) is 25.1 Å². The maximum Gasteiger partial charge on any atom is 0.299 e. The van der Waals surface area contributed by atoms with Crippen LogP contribution >= 0.6 is 15.9 Å². The molecule has 0 aliphatic heterocycles. The Labute approximate surface area is 146 Å². The number of aromatic amines is 1. The van der Waals surface area contributed by atoms with Crippen LogP contribution in [0, 0.1) is 18.3 Å². The van der Waals surface area contributed by atoms with Gasteiger partial charge in [0.2, 0.25) is 0 Å². The first-order valence-electron chi connectivity index (χ1n) is 7.08. The van der Waals surface area contributed by atoms with Gasteiger partial charge < -0.3 is 0 Å². The van der Waals surface area contributed by atoms with Crippen LogP contribution in [0.1, 0.15) is 11.3 Å². The molecule has 24 heavy (non-hydrogen) atoms. The Morgan fingerprint density at radius 1 is 1.17 bits per heavy atom. The molecule has 3 rings (SSSR count). The number of hydrogen-bond acceptors (Lipinski definition) is 4. The zero-order chi connectivity index (χ0) is 17.1. The van der Waals surface area contributed by atoms with Gasteiger partial charge in [0.15, 0.2) is 5.69 Å². The number of aromatic nitrogens is 2. The Morgan fingerprint density at radius 3 is 2.62 bits per heavy atom. The summed E-state index contributed by atoms with van der Waals surface area (Å²) in [5.74, 6) is 0. The summed E-state index contributed by atoms with van der Waals surface area (Å²) in [4.78, 5) is 12.5. The number of nitrogens with zero attached hydrogens (tertiary/aromatic N) is 4. The second kappa shape index (κ2) is 6.64. The number of azo groups is 1. The van der Waals surface area contributed by atoms with Gasteiger partial charge in [0.25, 0.3) is 5.56 Å². The van der Waals surface area contributed by atoms with Crippen LogP contribution in [0.5, 0.6) is 0 Å². The molecule has 1 N–H and O–H groups in total. The molecule has 0 saturated heterocycles. The Hall–Kier alpha value is -2.98. The molecule has 118 valence electrons. The molecular weight excluding hydrogens is 370 g/mol. The van der Waals surface area contributed by atoms with Gasteiger partial charge in [-0.05, 0) is 37.3 Å². The molecule has 1 heterocycles. The molecule has 0 spiro atoms. The molecule has 2 aromatic carbocycles. The molecule has 0 saturated carbocycles. The topological polar surface area (TPSA) is 86.3 Å². The number of nitrogens with one attached hydrogen (secondary N) is 1. The molecule has 0 amide bonds.